The topological polar surface area (TPSA) is 91.1 Å². The second kappa shape index (κ2) is 7.82. The van der Waals surface area contributed by atoms with Crippen LogP contribution in [-0.4, -0.2) is 93.1 Å². The SMILES string of the molecule is CC(C)c1nccn1CC(=O)N1CCN([C@@H]2COC[C@@H](O)[C@H]2O)CC1. The minimum atomic E-state index is -0.839. The lowest BCUT2D eigenvalue weighted by Crippen LogP contribution is -2.61. The van der Waals surface area contributed by atoms with E-state index in [9.17, 15) is 15.0 Å². The van der Waals surface area contributed by atoms with Crippen LogP contribution in [0.5, 0.6) is 0 Å². The van der Waals surface area contributed by atoms with Crippen molar-refractivity contribution in [2.24, 2.45) is 0 Å². The van der Waals surface area contributed by atoms with Gasteiger partial charge in [-0.15, -0.1) is 0 Å². The number of rotatable bonds is 4. The third kappa shape index (κ3) is 4.03. The average molecular weight is 352 g/mol. The molecule has 0 bridgehead atoms. The first-order chi connectivity index (χ1) is 12.0. The predicted molar refractivity (Wildman–Crippen MR) is 91.1 cm³/mol. The Morgan fingerprint density at radius 2 is 2.00 bits per heavy atom. The second-order valence-electron chi connectivity index (χ2n) is 7.15. The fourth-order valence-electron chi connectivity index (χ4n) is 3.59. The molecule has 0 saturated carbocycles. The quantitative estimate of drug-likeness (QED) is 0.743. The molecule has 0 spiro atoms. The number of ether oxygens (including phenoxy) is 1. The summed E-state index contributed by atoms with van der Waals surface area (Å²) in [6.45, 7) is 7.60. The third-order valence-corrected chi connectivity index (χ3v) is 5.07. The van der Waals surface area contributed by atoms with E-state index in [0.29, 0.717) is 39.3 Å². The van der Waals surface area contributed by atoms with E-state index in [0.717, 1.165) is 5.82 Å². The summed E-state index contributed by atoms with van der Waals surface area (Å²) in [5.74, 6) is 1.28. The molecule has 2 N–H and O–H groups in total. The predicted octanol–water partition coefficient (Wildman–Crippen LogP) is -0.729. The van der Waals surface area contributed by atoms with Gasteiger partial charge in [-0.05, 0) is 0 Å². The largest absolute Gasteiger partial charge is 0.389 e. The minimum absolute atomic E-state index is 0.0834. The molecule has 140 valence electrons. The van der Waals surface area contributed by atoms with Gasteiger partial charge >= 0.3 is 0 Å². The van der Waals surface area contributed by atoms with E-state index >= 15 is 0 Å². The zero-order chi connectivity index (χ0) is 18.0. The van der Waals surface area contributed by atoms with Gasteiger partial charge in [0.15, 0.2) is 0 Å². The van der Waals surface area contributed by atoms with E-state index in [2.05, 4.69) is 23.7 Å². The molecular formula is C17H28N4O4. The molecule has 1 aromatic rings. The van der Waals surface area contributed by atoms with E-state index in [4.69, 9.17) is 4.74 Å². The zero-order valence-corrected chi connectivity index (χ0v) is 14.9. The highest BCUT2D eigenvalue weighted by molar-refractivity contribution is 5.76. The summed E-state index contributed by atoms with van der Waals surface area (Å²) in [6.07, 6.45) is 1.95. The van der Waals surface area contributed by atoms with Gasteiger partial charge in [-0.1, -0.05) is 13.8 Å². The number of hydrogen-bond acceptors (Lipinski definition) is 6. The van der Waals surface area contributed by atoms with Gasteiger partial charge in [0.05, 0.1) is 25.4 Å². The molecule has 2 aliphatic rings. The second-order valence-corrected chi connectivity index (χ2v) is 7.15. The molecule has 3 atom stereocenters. The van der Waals surface area contributed by atoms with Crippen LogP contribution in [0.4, 0.5) is 0 Å². The lowest BCUT2D eigenvalue weighted by molar-refractivity contribution is -0.145. The first-order valence-corrected chi connectivity index (χ1v) is 8.94. The number of piperazine rings is 1. The summed E-state index contributed by atoms with van der Waals surface area (Å²) < 4.78 is 7.27. The number of aromatic nitrogens is 2. The van der Waals surface area contributed by atoms with Crippen molar-refractivity contribution in [3.63, 3.8) is 0 Å². The Balaban J connectivity index is 1.53. The Kier molecular flexibility index (Phi) is 5.73. The highest BCUT2D eigenvalue weighted by atomic mass is 16.5. The lowest BCUT2D eigenvalue weighted by atomic mass is 10.0. The molecule has 8 nitrogen and oxygen atoms in total. The van der Waals surface area contributed by atoms with Gasteiger partial charge in [0.25, 0.3) is 0 Å². The van der Waals surface area contributed by atoms with E-state index in [1.807, 2.05) is 15.7 Å². The zero-order valence-electron chi connectivity index (χ0n) is 14.9. The van der Waals surface area contributed by atoms with Crippen molar-refractivity contribution in [3.05, 3.63) is 18.2 Å². The van der Waals surface area contributed by atoms with Crippen molar-refractivity contribution in [3.8, 4) is 0 Å². The van der Waals surface area contributed by atoms with Crippen LogP contribution in [0.1, 0.15) is 25.6 Å². The summed E-state index contributed by atoms with van der Waals surface area (Å²) >= 11 is 0. The smallest absolute Gasteiger partial charge is 0.242 e. The van der Waals surface area contributed by atoms with Crippen LogP contribution in [-0.2, 0) is 16.1 Å². The van der Waals surface area contributed by atoms with Gasteiger partial charge in [0.1, 0.15) is 18.5 Å². The number of hydrogen-bond donors (Lipinski definition) is 2. The first kappa shape index (κ1) is 18.3. The number of carbonyl (C=O) groups is 1. The Morgan fingerprint density at radius 3 is 2.68 bits per heavy atom. The summed E-state index contributed by atoms with van der Waals surface area (Å²) in [4.78, 5) is 20.9. The van der Waals surface area contributed by atoms with Crippen molar-refractivity contribution in [1.29, 1.82) is 0 Å². The highest BCUT2D eigenvalue weighted by Crippen LogP contribution is 2.18. The lowest BCUT2D eigenvalue weighted by Gasteiger charge is -2.43. The summed E-state index contributed by atoms with van der Waals surface area (Å²) in [7, 11) is 0. The molecule has 2 saturated heterocycles. The number of amides is 1. The van der Waals surface area contributed by atoms with Crippen LogP contribution in [0.2, 0.25) is 0 Å². The van der Waals surface area contributed by atoms with Gasteiger partial charge in [-0.2, -0.15) is 0 Å². The fraction of sp³-hybridized carbons (Fsp3) is 0.765. The number of aliphatic hydroxyl groups is 2. The molecule has 0 unspecified atom stereocenters. The van der Waals surface area contributed by atoms with E-state index < -0.39 is 12.2 Å². The van der Waals surface area contributed by atoms with Crippen molar-refractivity contribution in [2.75, 3.05) is 39.4 Å². The van der Waals surface area contributed by atoms with E-state index in [1.165, 1.54) is 0 Å². The number of imidazole rings is 1. The molecular weight excluding hydrogens is 324 g/mol. The third-order valence-electron chi connectivity index (χ3n) is 5.07. The standard InChI is InChI=1S/C17H28N4O4/c1-12(2)17-18-3-4-21(17)9-15(23)20-7-5-19(6-8-20)13-10-25-11-14(22)16(13)24/h3-4,12-14,16,22,24H,5-11H2,1-2H3/t13-,14-,16+/m1/s1. The fourth-order valence-corrected chi connectivity index (χ4v) is 3.59. The Bertz CT molecular complexity index is 583. The van der Waals surface area contributed by atoms with Gasteiger partial charge in [0, 0.05) is 44.5 Å². The molecule has 1 amide bonds. The molecule has 2 aliphatic heterocycles. The van der Waals surface area contributed by atoms with E-state index in [-0.39, 0.29) is 24.5 Å². The number of carbonyl (C=O) groups excluding carboxylic acids is 1. The Hall–Kier alpha value is -1.48. The van der Waals surface area contributed by atoms with Crippen LogP contribution >= 0.6 is 0 Å². The Morgan fingerprint density at radius 1 is 1.28 bits per heavy atom. The summed E-state index contributed by atoms with van der Waals surface area (Å²) in [6, 6.07) is -0.206. The van der Waals surface area contributed by atoms with Crippen molar-refractivity contribution in [1.82, 2.24) is 19.4 Å². The van der Waals surface area contributed by atoms with Crippen LogP contribution < -0.4 is 0 Å². The molecule has 0 aromatic carbocycles. The molecule has 0 aliphatic carbocycles. The van der Waals surface area contributed by atoms with Crippen molar-refractivity contribution >= 4 is 5.91 Å². The highest BCUT2D eigenvalue weighted by Gasteiger charge is 2.37. The number of nitrogens with zero attached hydrogens (tertiary/aromatic N) is 4. The number of aliphatic hydroxyl groups excluding tert-OH is 2. The van der Waals surface area contributed by atoms with Crippen molar-refractivity contribution in [2.45, 2.75) is 44.6 Å². The maximum atomic E-state index is 12.6. The van der Waals surface area contributed by atoms with Crippen LogP contribution in [0, 0.1) is 0 Å². The Labute approximate surface area is 148 Å². The summed E-state index contributed by atoms with van der Waals surface area (Å²) in [5, 5.41) is 19.9. The minimum Gasteiger partial charge on any atom is -0.389 e. The molecule has 25 heavy (non-hydrogen) atoms. The molecule has 3 heterocycles. The first-order valence-electron chi connectivity index (χ1n) is 8.94. The van der Waals surface area contributed by atoms with Gasteiger partial charge in [-0.25, -0.2) is 4.98 Å². The van der Waals surface area contributed by atoms with Gasteiger partial charge in [-0.3, -0.25) is 9.69 Å². The van der Waals surface area contributed by atoms with E-state index in [1.54, 1.807) is 6.20 Å². The molecule has 0 radical (unpaired) electrons. The van der Waals surface area contributed by atoms with Crippen LogP contribution in [0.25, 0.3) is 0 Å². The normalized spacial score (nSPS) is 28.5. The molecule has 2 fully saturated rings. The van der Waals surface area contributed by atoms with Gasteiger partial charge in [0.2, 0.25) is 5.91 Å². The van der Waals surface area contributed by atoms with Gasteiger partial charge < -0.3 is 24.4 Å². The van der Waals surface area contributed by atoms with Crippen molar-refractivity contribution < 1.29 is 19.7 Å². The maximum absolute atomic E-state index is 12.6. The van der Waals surface area contributed by atoms with Crippen LogP contribution in [0.3, 0.4) is 0 Å². The monoisotopic (exact) mass is 352 g/mol. The average Bonchev–Trinajstić information content (AvgIpc) is 3.06. The van der Waals surface area contributed by atoms with Crippen LogP contribution in [0.15, 0.2) is 12.4 Å². The molecule has 8 heteroatoms. The summed E-state index contributed by atoms with van der Waals surface area (Å²) in [5.41, 5.74) is 0. The maximum Gasteiger partial charge on any atom is 0.242 e. The molecule has 3 rings (SSSR count). The molecule has 1 aromatic heterocycles.